The number of nitrogens with two attached hydrogens (primary N) is 1. The summed E-state index contributed by atoms with van der Waals surface area (Å²) < 4.78 is 47.7. The van der Waals surface area contributed by atoms with Crippen molar-refractivity contribution in [3.8, 4) is 11.5 Å². The van der Waals surface area contributed by atoms with Crippen molar-refractivity contribution in [2.45, 2.75) is 25.4 Å². The fraction of sp³-hybridized carbons (Fsp3) is 0.611. The molecule has 0 bridgehead atoms. The maximum Gasteiger partial charge on any atom is 0.401 e. The molecule has 0 atom stereocenters. The lowest BCUT2D eigenvalue weighted by molar-refractivity contribution is -0.148. The van der Waals surface area contributed by atoms with Gasteiger partial charge in [-0.2, -0.15) is 13.2 Å². The van der Waals surface area contributed by atoms with Gasteiger partial charge < -0.3 is 20.5 Å². The molecule has 0 radical (unpaired) electrons. The van der Waals surface area contributed by atoms with Gasteiger partial charge in [-0.05, 0) is 50.4 Å². The number of likely N-dealkylation sites (tertiary alicyclic amines) is 1. The van der Waals surface area contributed by atoms with Crippen molar-refractivity contribution in [1.82, 2.24) is 4.90 Å². The lowest BCUT2D eigenvalue weighted by atomic mass is 9.93. The Morgan fingerprint density at radius 3 is 2.50 bits per heavy atom. The zero-order chi connectivity index (χ0) is 19.9. The number of aliphatic imine (C=N–C) groups is 1. The molecule has 1 fully saturated rings. The summed E-state index contributed by atoms with van der Waals surface area (Å²) in [5.74, 6) is 1.91. The van der Waals surface area contributed by atoms with Gasteiger partial charge in [0, 0.05) is 12.6 Å². The van der Waals surface area contributed by atoms with E-state index in [0.29, 0.717) is 42.7 Å². The minimum atomic E-state index is -4.13. The van der Waals surface area contributed by atoms with Crippen LogP contribution in [0.2, 0.25) is 0 Å². The first-order valence-electron chi connectivity index (χ1n) is 8.89. The molecular weight excluding hydrogens is 488 g/mol. The van der Waals surface area contributed by atoms with E-state index in [2.05, 4.69) is 10.3 Å². The molecule has 1 aliphatic rings. The molecule has 1 saturated heterocycles. The number of benzene rings is 1. The van der Waals surface area contributed by atoms with Crippen LogP contribution in [0.3, 0.4) is 0 Å². The molecule has 1 heterocycles. The van der Waals surface area contributed by atoms with Crippen LogP contribution in [-0.4, -0.2) is 57.4 Å². The van der Waals surface area contributed by atoms with E-state index in [-0.39, 0.29) is 29.9 Å². The molecule has 0 amide bonds. The minimum absolute atomic E-state index is 0. The SMILES string of the molecule is COc1ccc(OC)c(NC(N)=NCCC2CCN(CC(F)(F)F)CC2)c1.I. The van der Waals surface area contributed by atoms with Gasteiger partial charge in [-0.1, -0.05) is 0 Å². The zero-order valence-electron chi connectivity index (χ0n) is 16.1. The predicted octanol–water partition coefficient (Wildman–Crippen LogP) is 3.71. The summed E-state index contributed by atoms with van der Waals surface area (Å²) in [4.78, 5) is 5.78. The number of ether oxygens (including phenoxy) is 2. The van der Waals surface area contributed by atoms with Crippen LogP contribution in [0.15, 0.2) is 23.2 Å². The third-order valence-corrected chi connectivity index (χ3v) is 4.60. The fourth-order valence-electron chi connectivity index (χ4n) is 3.14. The maximum atomic E-state index is 12.4. The van der Waals surface area contributed by atoms with Crippen LogP contribution in [0, 0.1) is 5.92 Å². The van der Waals surface area contributed by atoms with Gasteiger partial charge in [-0.25, -0.2) is 0 Å². The number of alkyl halides is 3. The average molecular weight is 516 g/mol. The Morgan fingerprint density at radius 1 is 1.25 bits per heavy atom. The van der Waals surface area contributed by atoms with E-state index in [1.165, 1.54) is 4.90 Å². The molecular formula is C18H28F3IN4O2. The first-order valence-corrected chi connectivity index (χ1v) is 8.89. The summed E-state index contributed by atoms with van der Waals surface area (Å²) in [6, 6.07) is 5.31. The van der Waals surface area contributed by atoms with Gasteiger partial charge in [0.15, 0.2) is 5.96 Å². The molecule has 1 aromatic rings. The van der Waals surface area contributed by atoms with E-state index in [0.717, 1.165) is 19.3 Å². The van der Waals surface area contributed by atoms with Gasteiger partial charge in [-0.15, -0.1) is 24.0 Å². The largest absolute Gasteiger partial charge is 0.497 e. The highest BCUT2D eigenvalue weighted by Gasteiger charge is 2.32. The highest BCUT2D eigenvalue weighted by atomic mass is 127. The van der Waals surface area contributed by atoms with Crippen LogP contribution in [0.25, 0.3) is 0 Å². The van der Waals surface area contributed by atoms with Crippen molar-refractivity contribution in [1.29, 1.82) is 0 Å². The predicted molar refractivity (Wildman–Crippen MR) is 115 cm³/mol. The van der Waals surface area contributed by atoms with Crippen molar-refractivity contribution in [2.75, 3.05) is 45.7 Å². The van der Waals surface area contributed by atoms with Crippen LogP contribution < -0.4 is 20.5 Å². The molecule has 0 saturated carbocycles. The van der Waals surface area contributed by atoms with Crippen LogP contribution in [-0.2, 0) is 0 Å². The van der Waals surface area contributed by atoms with Gasteiger partial charge >= 0.3 is 6.18 Å². The van der Waals surface area contributed by atoms with E-state index in [4.69, 9.17) is 15.2 Å². The third-order valence-electron chi connectivity index (χ3n) is 4.60. The van der Waals surface area contributed by atoms with Crippen molar-refractivity contribution in [3.05, 3.63) is 18.2 Å². The smallest absolute Gasteiger partial charge is 0.401 e. The van der Waals surface area contributed by atoms with Gasteiger partial charge in [-0.3, -0.25) is 9.89 Å². The average Bonchev–Trinajstić information content (AvgIpc) is 2.62. The van der Waals surface area contributed by atoms with Crippen LogP contribution in [0.4, 0.5) is 18.9 Å². The Bertz CT molecular complexity index is 636. The molecule has 10 heteroatoms. The topological polar surface area (TPSA) is 72.1 Å². The lowest BCUT2D eigenvalue weighted by Gasteiger charge is -2.32. The number of anilines is 1. The first-order chi connectivity index (χ1) is 12.8. The van der Waals surface area contributed by atoms with Gasteiger partial charge in [0.2, 0.25) is 0 Å². The summed E-state index contributed by atoms with van der Waals surface area (Å²) in [5, 5.41) is 3.00. The van der Waals surface area contributed by atoms with Crippen LogP contribution >= 0.6 is 24.0 Å². The molecule has 6 nitrogen and oxygen atoms in total. The summed E-state index contributed by atoms with van der Waals surface area (Å²) in [5.41, 5.74) is 6.59. The number of hydrogen-bond donors (Lipinski definition) is 2. The summed E-state index contributed by atoms with van der Waals surface area (Å²) >= 11 is 0. The summed E-state index contributed by atoms with van der Waals surface area (Å²) in [6.07, 6.45) is -1.82. The Labute approximate surface area is 180 Å². The number of hydrogen-bond acceptors (Lipinski definition) is 4. The standard InChI is InChI=1S/C18H27F3N4O2.HI/c1-26-14-3-4-16(27-2)15(11-14)24-17(22)23-8-5-13-6-9-25(10-7-13)12-18(19,20)21;/h3-4,11,13H,5-10,12H2,1-2H3,(H3,22,23,24);1H. The quantitative estimate of drug-likeness (QED) is 0.329. The number of rotatable bonds is 7. The molecule has 1 aromatic carbocycles. The van der Waals surface area contributed by atoms with Gasteiger partial charge in [0.25, 0.3) is 0 Å². The first kappa shape index (κ1) is 24.6. The second kappa shape index (κ2) is 11.5. The van der Waals surface area contributed by atoms with E-state index in [1.54, 1.807) is 32.4 Å². The number of halogens is 4. The Morgan fingerprint density at radius 2 is 1.93 bits per heavy atom. The number of nitrogens with zero attached hydrogens (tertiary/aromatic N) is 2. The second-order valence-electron chi connectivity index (χ2n) is 6.58. The van der Waals surface area contributed by atoms with E-state index in [9.17, 15) is 13.2 Å². The molecule has 1 aliphatic heterocycles. The molecule has 160 valence electrons. The molecule has 0 aliphatic carbocycles. The molecule has 0 unspecified atom stereocenters. The van der Waals surface area contributed by atoms with E-state index < -0.39 is 12.7 Å². The number of methoxy groups -OCH3 is 2. The Kier molecular flexibility index (Phi) is 10.1. The third kappa shape index (κ3) is 8.29. The lowest BCUT2D eigenvalue weighted by Crippen LogP contribution is -2.40. The molecule has 0 aromatic heterocycles. The normalized spacial score (nSPS) is 16.4. The summed E-state index contributed by atoms with van der Waals surface area (Å²) in [6.45, 7) is 0.650. The molecule has 0 spiro atoms. The molecule has 3 N–H and O–H groups in total. The van der Waals surface area contributed by atoms with Crippen LogP contribution in [0.1, 0.15) is 19.3 Å². The minimum Gasteiger partial charge on any atom is -0.497 e. The number of piperidine rings is 1. The van der Waals surface area contributed by atoms with E-state index >= 15 is 0 Å². The van der Waals surface area contributed by atoms with Crippen molar-refractivity contribution < 1.29 is 22.6 Å². The Hall–Kier alpha value is -1.43. The number of nitrogens with one attached hydrogen (secondary N) is 1. The van der Waals surface area contributed by atoms with Gasteiger partial charge in [0.1, 0.15) is 11.5 Å². The number of guanidine groups is 1. The maximum absolute atomic E-state index is 12.4. The second-order valence-corrected chi connectivity index (χ2v) is 6.58. The molecule has 2 rings (SSSR count). The molecule has 28 heavy (non-hydrogen) atoms. The fourth-order valence-corrected chi connectivity index (χ4v) is 3.14. The van der Waals surface area contributed by atoms with Gasteiger partial charge in [0.05, 0.1) is 26.5 Å². The Balaban J connectivity index is 0.00000392. The highest BCUT2D eigenvalue weighted by Crippen LogP contribution is 2.29. The van der Waals surface area contributed by atoms with Crippen LogP contribution in [0.5, 0.6) is 11.5 Å². The highest BCUT2D eigenvalue weighted by molar-refractivity contribution is 14.0. The zero-order valence-corrected chi connectivity index (χ0v) is 18.4. The van der Waals surface area contributed by atoms with Crippen molar-refractivity contribution in [3.63, 3.8) is 0 Å². The van der Waals surface area contributed by atoms with E-state index in [1.807, 2.05) is 0 Å². The monoisotopic (exact) mass is 516 g/mol. The van der Waals surface area contributed by atoms with Crippen molar-refractivity contribution in [2.24, 2.45) is 16.6 Å². The summed E-state index contributed by atoms with van der Waals surface area (Å²) in [7, 11) is 3.13. The van der Waals surface area contributed by atoms with Crippen molar-refractivity contribution >= 4 is 35.6 Å².